The van der Waals surface area contributed by atoms with Crippen LogP contribution in [0.1, 0.15) is 47.3 Å². The highest BCUT2D eigenvalue weighted by Crippen LogP contribution is 2.34. The number of halogens is 3. The molecule has 1 aromatic carbocycles. The first kappa shape index (κ1) is 35.0. The van der Waals surface area contributed by atoms with Gasteiger partial charge in [0.25, 0.3) is 0 Å². The average Bonchev–Trinajstić information content (AvgIpc) is 3.58. The molecule has 0 radical (unpaired) electrons. The van der Waals surface area contributed by atoms with Gasteiger partial charge in [-0.3, -0.25) is 9.80 Å². The van der Waals surface area contributed by atoms with Gasteiger partial charge in [0.05, 0.1) is 18.1 Å². The number of rotatable bonds is 10. The van der Waals surface area contributed by atoms with E-state index in [1.807, 2.05) is 0 Å². The van der Waals surface area contributed by atoms with Gasteiger partial charge >= 0.3 is 6.18 Å². The van der Waals surface area contributed by atoms with Crippen molar-refractivity contribution in [2.45, 2.75) is 78.0 Å². The van der Waals surface area contributed by atoms with Gasteiger partial charge in [-0.1, -0.05) is 6.07 Å². The second-order valence-corrected chi connectivity index (χ2v) is 16.4. The molecule has 0 aliphatic carbocycles. The van der Waals surface area contributed by atoms with Crippen LogP contribution in [-0.2, 0) is 36.1 Å². The third-order valence-electron chi connectivity index (χ3n) is 9.81. The van der Waals surface area contributed by atoms with Gasteiger partial charge in [0.1, 0.15) is 17.3 Å². The molecule has 0 unspecified atom stereocenters. The number of aromatic nitrogens is 3. The Kier molecular flexibility index (Phi) is 10.1. The minimum absolute atomic E-state index is 0.105. The second kappa shape index (κ2) is 13.8. The molecule has 0 bridgehead atoms. The van der Waals surface area contributed by atoms with Crippen molar-refractivity contribution >= 4 is 48.3 Å². The van der Waals surface area contributed by atoms with Gasteiger partial charge in [0.15, 0.2) is 5.82 Å². The van der Waals surface area contributed by atoms with Crippen LogP contribution in [-0.4, -0.2) is 106 Å². The molecule has 6 rings (SSSR count). The molecule has 262 valence electrons. The van der Waals surface area contributed by atoms with Gasteiger partial charge < -0.3 is 15.0 Å². The van der Waals surface area contributed by atoms with Crippen LogP contribution in [0.25, 0.3) is 21.1 Å². The van der Waals surface area contributed by atoms with Crippen molar-refractivity contribution in [1.82, 2.24) is 28.6 Å². The molecule has 48 heavy (non-hydrogen) atoms. The van der Waals surface area contributed by atoms with Crippen LogP contribution in [0.4, 0.5) is 19.0 Å². The first-order chi connectivity index (χ1) is 22.7. The number of nitrogens with zero attached hydrogens (tertiary/aromatic N) is 6. The van der Waals surface area contributed by atoms with Crippen molar-refractivity contribution in [2.24, 2.45) is 0 Å². The van der Waals surface area contributed by atoms with Crippen molar-refractivity contribution in [3.05, 3.63) is 51.8 Å². The van der Waals surface area contributed by atoms with Gasteiger partial charge in [-0.25, -0.2) is 18.4 Å². The number of benzene rings is 1. The molecular formula is C33H44F3N7O3S2. The van der Waals surface area contributed by atoms with Crippen molar-refractivity contribution in [2.75, 3.05) is 50.8 Å². The number of piperazine rings is 1. The Morgan fingerprint density at radius 1 is 1.04 bits per heavy atom. The summed E-state index contributed by atoms with van der Waals surface area (Å²) in [7, 11) is -3.16. The summed E-state index contributed by atoms with van der Waals surface area (Å²) in [4.78, 5) is 14.1. The van der Waals surface area contributed by atoms with Gasteiger partial charge in [0.2, 0.25) is 10.0 Å². The lowest BCUT2D eigenvalue weighted by Crippen LogP contribution is -2.51. The van der Waals surface area contributed by atoms with Crippen LogP contribution in [0.3, 0.4) is 0 Å². The van der Waals surface area contributed by atoms with E-state index >= 15 is 0 Å². The number of anilines is 1. The summed E-state index contributed by atoms with van der Waals surface area (Å²) in [6.45, 7) is 12.1. The molecule has 0 saturated carbocycles. The molecule has 2 aliphatic heterocycles. The number of hydrogen-bond acceptors (Lipinski definition) is 9. The Labute approximate surface area is 283 Å². The SMILES string of the molecule is Cc1c(CN2CCC(Nc3nc(CO)nc4sc(CC(F)(F)F)cc34)CC2)ccc2c1cc(C)n2C[C@H](C)N1CCN(S(C)(=O)=O)CC1. The number of hydrogen-bond donors (Lipinski definition) is 2. The molecule has 2 fully saturated rings. The Morgan fingerprint density at radius 2 is 1.75 bits per heavy atom. The smallest absolute Gasteiger partial charge is 0.388 e. The van der Waals surface area contributed by atoms with Crippen LogP contribution in [0, 0.1) is 13.8 Å². The Hall–Kier alpha value is -2.82. The van der Waals surface area contributed by atoms with Crippen LogP contribution in [0.5, 0.6) is 0 Å². The number of likely N-dealkylation sites (tertiary alicyclic amines) is 1. The van der Waals surface area contributed by atoms with E-state index in [4.69, 9.17) is 0 Å². The average molecular weight is 708 g/mol. The maximum atomic E-state index is 13.0. The summed E-state index contributed by atoms with van der Waals surface area (Å²) in [6.07, 6.45) is -2.33. The highest BCUT2D eigenvalue weighted by Gasteiger charge is 2.30. The van der Waals surface area contributed by atoms with Gasteiger partial charge in [-0.2, -0.15) is 17.5 Å². The highest BCUT2D eigenvalue weighted by atomic mass is 32.2. The van der Waals surface area contributed by atoms with Crippen molar-refractivity contribution in [1.29, 1.82) is 0 Å². The minimum atomic E-state index is -4.31. The zero-order valence-corrected chi connectivity index (χ0v) is 29.5. The fraction of sp³-hybridized carbons (Fsp3) is 0.576. The molecule has 5 heterocycles. The molecule has 2 N–H and O–H groups in total. The molecule has 0 amide bonds. The Morgan fingerprint density at radius 3 is 2.40 bits per heavy atom. The number of alkyl halides is 3. The number of aryl methyl sites for hydroxylation is 2. The van der Waals surface area contributed by atoms with E-state index in [-0.39, 0.29) is 29.4 Å². The van der Waals surface area contributed by atoms with E-state index in [1.54, 1.807) is 4.31 Å². The van der Waals surface area contributed by atoms with Crippen LogP contribution < -0.4 is 5.32 Å². The minimum Gasteiger partial charge on any atom is -0.388 e. The third-order valence-corrected chi connectivity index (χ3v) is 12.1. The maximum Gasteiger partial charge on any atom is 0.393 e. The van der Waals surface area contributed by atoms with Crippen molar-refractivity contribution in [3.8, 4) is 0 Å². The predicted octanol–water partition coefficient (Wildman–Crippen LogP) is 4.90. The number of nitrogens with one attached hydrogen (secondary N) is 1. The van der Waals surface area contributed by atoms with E-state index < -0.39 is 22.6 Å². The number of sulfonamides is 1. The summed E-state index contributed by atoms with van der Waals surface area (Å²) >= 11 is 0.992. The van der Waals surface area contributed by atoms with Crippen molar-refractivity contribution in [3.63, 3.8) is 0 Å². The maximum absolute atomic E-state index is 13.0. The van der Waals surface area contributed by atoms with Crippen LogP contribution >= 0.6 is 11.3 Å². The highest BCUT2D eigenvalue weighted by molar-refractivity contribution is 7.88. The summed E-state index contributed by atoms with van der Waals surface area (Å²) in [5.74, 6) is 0.679. The zero-order chi connectivity index (χ0) is 34.4. The number of aliphatic hydroxyl groups is 1. The van der Waals surface area contributed by atoms with Gasteiger partial charge in [-0.05, 0) is 62.9 Å². The van der Waals surface area contributed by atoms with Gasteiger partial charge in [0, 0.05) is 85.9 Å². The third kappa shape index (κ3) is 7.81. The molecule has 1 atom stereocenters. The van der Waals surface area contributed by atoms with Crippen LogP contribution in [0.15, 0.2) is 24.3 Å². The molecule has 3 aromatic heterocycles. The monoisotopic (exact) mass is 707 g/mol. The molecule has 10 nitrogen and oxygen atoms in total. The zero-order valence-electron chi connectivity index (χ0n) is 27.8. The molecule has 2 aliphatic rings. The lowest BCUT2D eigenvalue weighted by molar-refractivity contribution is -0.126. The number of fused-ring (bicyclic) bond motifs is 2. The first-order valence-electron chi connectivity index (χ1n) is 16.4. The molecule has 0 spiro atoms. The van der Waals surface area contributed by atoms with E-state index in [2.05, 4.69) is 68.6 Å². The van der Waals surface area contributed by atoms with Crippen LogP contribution in [0.2, 0.25) is 0 Å². The number of thiophene rings is 1. The Balaban J connectivity index is 1.08. The summed E-state index contributed by atoms with van der Waals surface area (Å²) in [6, 6.07) is 8.62. The fourth-order valence-corrected chi connectivity index (χ4v) is 8.98. The van der Waals surface area contributed by atoms with E-state index in [1.165, 1.54) is 40.0 Å². The summed E-state index contributed by atoms with van der Waals surface area (Å²) in [5, 5.41) is 14.9. The normalized spacial score (nSPS) is 18.7. The Bertz CT molecular complexity index is 1880. The molecule has 15 heteroatoms. The fourth-order valence-electron chi connectivity index (χ4n) is 7.07. The standard InChI is InChI=1S/C33H44F3N7O3S2/c1-21-15-27-23(3)24(5-6-29(27)43(21)18-22(2)41-11-13-42(14-12-41)48(4,45)46)19-40-9-7-25(8-10-40)37-31-28-16-26(17-33(34,35)36)47-32(28)39-30(20-44)38-31/h5-6,15-16,22,25,44H,7-14,17-20H2,1-4H3,(H,37,38,39)/t22-/m0/s1. The lowest BCUT2D eigenvalue weighted by Gasteiger charge is -2.37. The summed E-state index contributed by atoms with van der Waals surface area (Å²) < 4.78 is 66.9. The second-order valence-electron chi connectivity index (χ2n) is 13.3. The van der Waals surface area contributed by atoms with Gasteiger partial charge in [-0.15, -0.1) is 11.3 Å². The molecular weight excluding hydrogens is 664 g/mol. The van der Waals surface area contributed by atoms with E-state index in [9.17, 15) is 26.7 Å². The van der Waals surface area contributed by atoms with E-state index in [0.29, 0.717) is 29.1 Å². The number of aliphatic hydroxyl groups excluding tert-OH is 1. The lowest BCUT2D eigenvalue weighted by atomic mass is 10.0. The van der Waals surface area contributed by atoms with Crippen molar-refractivity contribution < 1.29 is 26.7 Å². The largest absolute Gasteiger partial charge is 0.393 e. The number of piperidine rings is 1. The van der Waals surface area contributed by atoms with E-state index in [0.717, 1.165) is 63.4 Å². The quantitative estimate of drug-likeness (QED) is 0.240. The molecule has 2 saturated heterocycles. The summed E-state index contributed by atoms with van der Waals surface area (Å²) in [5.41, 5.74) is 4.98. The first-order valence-corrected chi connectivity index (χ1v) is 19.1. The topological polar surface area (TPSA) is 107 Å². The molecule has 4 aromatic rings. The predicted molar refractivity (Wildman–Crippen MR) is 184 cm³/mol.